The highest BCUT2D eigenvalue weighted by Gasteiger charge is 2.13. The predicted molar refractivity (Wildman–Crippen MR) is 59.1 cm³/mol. The average molecular weight is 245 g/mol. The van der Waals surface area contributed by atoms with E-state index in [9.17, 15) is 0 Å². The second kappa shape index (κ2) is 4.27. The van der Waals surface area contributed by atoms with Crippen LogP contribution >= 0.6 is 15.9 Å². The van der Waals surface area contributed by atoms with Crippen LogP contribution < -0.4 is 0 Å². The molecule has 0 aliphatic carbocycles. The number of hydrogen-bond acceptors (Lipinski definition) is 1. The van der Waals surface area contributed by atoms with Crippen molar-refractivity contribution in [3.63, 3.8) is 0 Å². The molecule has 0 aromatic carbocycles. The number of alkyl halides is 1. The second-order valence-electron chi connectivity index (χ2n) is 3.82. The van der Waals surface area contributed by atoms with Crippen LogP contribution in [-0.2, 0) is 5.33 Å². The molecule has 1 unspecified atom stereocenters. The number of nitrogens with zero attached hydrogens (tertiary/aromatic N) is 2. The molecule has 1 aromatic rings. The molecule has 13 heavy (non-hydrogen) atoms. The van der Waals surface area contributed by atoms with E-state index in [0.717, 1.165) is 5.33 Å². The van der Waals surface area contributed by atoms with Gasteiger partial charge in [-0.05, 0) is 19.8 Å². The van der Waals surface area contributed by atoms with E-state index in [1.54, 1.807) is 0 Å². The molecule has 1 heterocycles. The molecule has 1 atom stereocenters. The molecular weight excluding hydrogens is 228 g/mol. The first-order chi connectivity index (χ1) is 6.07. The lowest BCUT2D eigenvalue weighted by Crippen LogP contribution is -2.14. The maximum Gasteiger partial charge on any atom is 0.0533 e. The van der Waals surface area contributed by atoms with Crippen LogP contribution in [0.25, 0.3) is 0 Å². The standard InChI is InChI=1S/C10H17BrN2/c1-7(2)8(3)13-9(4)10(5-11)6-12-13/h6-8H,5H2,1-4H3. The number of rotatable bonds is 3. The molecule has 0 saturated heterocycles. The minimum Gasteiger partial charge on any atom is -0.267 e. The lowest BCUT2D eigenvalue weighted by Gasteiger charge is -2.18. The normalized spacial score (nSPS) is 13.7. The molecule has 0 bridgehead atoms. The third-order valence-corrected chi connectivity index (χ3v) is 3.24. The van der Waals surface area contributed by atoms with Crippen LogP contribution in [0.5, 0.6) is 0 Å². The first-order valence-corrected chi connectivity index (χ1v) is 5.79. The average Bonchev–Trinajstić information content (AvgIpc) is 2.45. The molecule has 2 nitrogen and oxygen atoms in total. The minimum absolute atomic E-state index is 0.479. The zero-order valence-corrected chi connectivity index (χ0v) is 10.3. The number of hydrogen-bond donors (Lipinski definition) is 0. The van der Waals surface area contributed by atoms with Gasteiger partial charge >= 0.3 is 0 Å². The highest BCUT2D eigenvalue weighted by atomic mass is 79.9. The number of halogens is 1. The first-order valence-electron chi connectivity index (χ1n) is 4.66. The lowest BCUT2D eigenvalue weighted by molar-refractivity contribution is 0.369. The second-order valence-corrected chi connectivity index (χ2v) is 4.38. The fourth-order valence-corrected chi connectivity index (χ4v) is 1.83. The summed E-state index contributed by atoms with van der Waals surface area (Å²) in [5.74, 6) is 0.627. The van der Waals surface area contributed by atoms with E-state index in [1.807, 2.05) is 6.20 Å². The summed E-state index contributed by atoms with van der Waals surface area (Å²) in [6.45, 7) is 8.78. The summed E-state index contributed by atoms with van der Waals surface area (Å²) in [5, 5.41) is 5.29. The van der Waals surface area contributed by atoms with E-state index >= 15 is 0 Å². The summed E-state index contributed by atoms with van der Waals surface area (Å²) in [5.41, 5.74) is 2.56. The van der Waals surface area contributed by atoms with E-state index in [4.69, 9.17) is 0 Å². The third-order valence-electron chi connectivity index (χ3n) is 2.64. The predicted octanol–water partition coefficient (Wildman–Crippen LogP) is 3.30. The fourth-order valence-electron chi connectivity index (χ4n) is 1.28. The van der Waals surface area contributed by atoms with Crippen molar-refractivity contribution in [3.8, 4) is 0 Å². The van der Waals surface area contributed by atoms with Gasteiger partial charge in [-0.3, -0.25) is 4.68 Å². The van der Waals surface area contributed by atoms with Crippen LogP contribution in [0.3, 0.4) is 0 Å². The van der Waals surface area contributed by atoms with Gasteiger partial charge < -0.3 is 0 Å². The van der Waals surface area contributed by atoms with Crippen molar-refractivity contribution in [1.29, 1.82) is 0 Å². The summed E-state index contributed by atoms with van der Waals surface area (Å²) in [6.07, 6.45) is 1.95. The van der Waals surface area contributed by atoms with E-state index in [0.29, 0.717) is 12.0 Å². The Morgan fingerprint density at radius 3 is 2.46 bits per heavy atom. The maximum atomic E-state index is 4.39. The first kappa shape index (κ1) is 10.8. The van der Waals surface area contributed by atoms with Crippen molar-refractivity contribution >= 4 is 15.9 Å². The van der Waals surface area contributed by atoms with Gasteiger partial charge in [-0.2, -0.15) is 5.10 Å². The molecule has 0 N–H and O–H groups in total. The van der Waals surface area contributed by atoms with Gasteiger partial charge in [0, 0.05) is 16.6 Å². The van der Waals surface area contributed by atoms with Gasteiger partial charge in [-0.1, -0.05) is 29.8 Å². The van der Waals surface area contributed by atoms with Gasteiger partial charge in [0.05, 0.1) is 12.2 Å². The fraction of sp³-hybridized carbons (Fsp3) is 0.700. The van der Waals surface area contributed by atoms with Crippen molar-refractivity contribution in [1.82, 2.24) is 9.78 Å². The zero-order valence-electron chi connectivity index (χ0n) is 8.71. The molecule has 1 aromatic heterocycles. The Kier molecular flexibility index (Phi) is 3.54. The Labute approximate surface area is 88.5 Å². The van der Waals surface area contributed by atoms with Gasteiger partial charge in [-0.25, -0.2) is 0 Å². The van der Waals surface area contributed by atoms with E-state index in [2.05, 4.69) is 53.4 Å². The van der Waals surface area contributed by atoms with Crippen molar-refractivity contribution in [2.75, 3.05) is 0 Å². The molecule has 1 rings (SSSR count). The topological polar surface area (TPSA) is 17.8 Å². The summed E-state index contributed by atoms with van der Waals surface area (Å²) >= 11 is 3.45. The Bertz CT molecular complexity index is 278. The Balaban J connectivity index is 2.95. The van der Waals surface area contributed by atoms with Gasteiger partial charge in [0.25, 0.3) is 0 Å². The van der Waals surface area contributed by atoms with Crippen LogP contribution in [0.1, 0.15) is 38.1 Å². The molecule has 0 spiro atoms. The molecule has 0 aliphatic rings. The van der Waals surface area contributed by atoms with Crippen LogP contribution in [0.15, 0.2) is 6.20 Å². The summed E-state index contributed by atoms with van der Waals surface area (Å²) in [6, 6.07) is 0.479. The molecular formula is C10H17BrN2. The smallest absolute Gasteiger partial charge is 0.0533 e. The highest BCUT2D eigenvalue weighted by molar-refractivity contribution is 9.08. The highest BCUT2D eigenvalue weighted by Crippen LogP contribution is 2.20. The Hall–Kier alpha value is -0.310. The van der Waals surface area contributed by atoms with Gasteiger partial charge in [0.1, 0.15) is 0 Å². The van der Waals surface area contributed by atoms with Crippen LogP contribution in [0, 0.1) is 12.8 Å². The zero-order chi connectivity index (χ0) is 10.0. The summed E-state index contributed by atoms with van der Waals surface area (Å²) < 4.78 is 2.11. The van der Waals surface area contributed by atoms with Crippen molar-refractivity contribution < 1.29 is 0 Å². The summed E-state index contributed by atoms with van der Waals surface area (Å²) in [7, 11) is 0. The largest absolute Gasteiger partial charge is 0.267 e. The van der Waals surface area contributed by atoms with Crippen molar-refractivity contribution in [2.24, 2.45) is 5.92 Å². The molecule has 74 valence electrons. The van der Waals surface area contributed by atoms with Crippen LogP contribution in [0.2, 0.25) is 0 Å². The van der Waals surface area contributed by atoms with Crippen molar-refractivity contribution in [2.45, 2.75) is 39.1 Å². The SMILES string of the molecule is Cc1c(CBr)cnn1C(C)C(C)C. The molecule has 0 amide bonds. The molecule has 3 heteroatoms. The van der Waals surface area contributed by atoms with Crippen molar-refractivity contribution in [3.05, 3.63) is 17.5 Å². The Morgan fingerprint density at radius 2 is 2.08 bits per heavy atom. The van der Waals surface area contributed by atoms with Crippen LogP contribution in [0.4, 0.5) is 0 Å². The molecule has 0 saturated carbocycles. The molecule has 0 radical (unpaired) electrons. The molecule has 0 fully saturated rings. The van der Waals surface area contributed by atoms with E-state index in [-0.39, 0.29) is 0 Å². The monoisotopic (exact) mass is 244 g/mol. The quantitative estimate of drug-likeness (QED) is 0.747. The Morgan fingerprint density at radius 1 is 1.46 bits per heavy atom. The summed E-state index contributed by atoms with van der Waals surface area (Å²) in [4.78, 5) is 0. The van der Waals surface area contributed by atoms with E-state index in [1.165, 1.54) is 11.3 Å². The number of aromatic nitrogens is 2. The molecule has 0 aliphatic heterocycles. The van der Waals surface area contributed by atoms with E-state index < -0.39 is 0 Å². The van der Waals surface area contributed by atoms with Gasteiger partial charge in [0.2, 0.25) is 0 Å². The third kappa shape index (κ3) is 2.13. The maximum absolute atomic E-state index is 4.39. The van der Waals surface area contributed by atoms with Crippen LogP contribution in [-0.4, -0.2) is 9.78 Å². The van der Waals surface area contributed by atoms with Gasteiger partial charge in [0.15, 0.2) is 0 Å². The van der Waals surface area contributed by atoms with Gasteiger partial charge in [-0.15, -0.1) is 0 Å². The lowest BCUT2D eigenvalue weighted by atomic mass is 10.1. The minimum atomic E-state index is 0.479.